The van der Waals surface area contributed by atoms with Crippen LogP contribution in [-0.4, -0.2) is 27.5 Å². The smallest absolute Gasteiger partial charge is 0.338 e. The first-order valence-corrected chi connectivity index (χ1v) is 6.83. The Kier molecular flexibility index (Phi) is 3.58. The number of rotatable bonds is 3. The second-order valence-electron chi connectivity index (χ2n) is 4.41. The molecule has 1 aromatic carbocycles. The summed E-state index contributed by atoms with van der Waals surface area (Å²) in [4.78, 5) is 23.0. The lowest BCUT2D eigenvalue weighted by atomic mass is 10.1. The number of nitrogens with one attached hydrogen (secondary N) is 1. The molecule has 0 atom stereocenters. The Morgan fingerprint density at radius 1 is 1.33 bits per heavy atom. The molecule has 1 N–H and O–H groups in total. The van der Waals surface area contributed by atoms with Crippen LogP contribution in [0.5, 0.6) is 0 Å². The average Bonchev–Trinajstić information content (AvgIpc) is 2.93. The number of carbonyl (C=O) groups is 1. The van der Waals surface area contributed by atoms with Gasteiger partial charge in [-0.2, -0.15) is 0 Å². The number of ether oxygens (including phenoxy) is 1. The molecule has 2 heterocycles. The van der Waals surface area contributed by atoms with Crippen LogP contribution in [0.3, 0.4) is 0 Å². The molecule has 0 radical (unpaired) electrons. The van der Waals surface area contributed by atoms with Gasteiger partial charge >= 0.3 is 5.97 Å². The number of aromatic amines is 1. The first kappa shape index (κ1) is 13.6. The van der Waals surface area contributed by atoms with E-state index in [1.54, 1.807) is 25.1 Å². The van der Waals surface area contributed by atoms with Crippen molar-refractivity contribution in [2.24, 2.45) is 0 Å². The molecule has 0 amide bonds. The normalized spacial score (nSPS) is 10.8. The number of nitrogens with zero attached hydrogens (tertiary/aromatic N) is 2. The van der Waals surface area contributed by atoms with Crippen molar-refractivity contribution in [2.45, 2.75) is 6.92 Å². The van der Waals surface area contributed by atoms with Crippen LogP contribution in [0.1, 0.15) is 17.3 Å². The maximum absolute atomic E-state index is 11.8. The van der Waals surface area contributed by atoms with Gasteiger partial charge in [0.05, 0.1) is 17.6 Å². The number of aromatic nitrogens is 3. The maximum atomic E-state index is 11.8. The van der Waals surface area contributed by atoms with Crippen LogP contribution in [0.2, 0.25) is 5.15 Å². The number of benzene rings is 1. The van der Waals surface area contributed by atoms with Gasteiger partial charge in [0.2, 0.25) is 0 Å². The van der Waals surface area contributed by atoms with Crippen LogP contribution in [0.15, 0.2) is 36.7 Å². The fraction of sp³-hybridized carbons (Fsp3) is 0.133. The van der Waals surface area contributed by atoms with E-state index in [0.717, 1.165) is 16.6 Å². The van der Waals surface area contributed by atoms with Crippen molar-refractivity contribution >= 4 is 28.6 Å². The molecule has 2 aromatic heterocycles. The van der Waals surface area contributed by atoms with Crippen molar-refractivity contribution in [3.63, 3.8) is 0 Å². The van der Waals surface area contributed by atoms with Crippen LogP contribution in [0, 0.1) is 0 Å². The van der Waals surface area contributed by atoms with Gasteiger partial charge in [-0.3, -0.25) is 0 Å². The van der Waals surface area contributed by atoms with E-state index >= 15 is 0 Å². The zero-order chi connectivity index (χ0) is 14.8. The molecule has 6 heteroatoms. The van der Waals surface area contributed by atoms with Gasteiger partial charge in [0.1, 0.15) is 17.1 Å². The topological polar surface area (TPSA) is 67.9 Å². The number of fused-ring (bicyclic) bond motifs is 1. The Bertz CT molecular complexity index is 814. The molecule has 0 saturated heterocycles. The quantitative estimate of drug-likeness (QED) is 0.594. The fourth-order valence-electron chi connectivity index (χ4n) is 2.09. The molecule has 0 saturated carbocycles. The molecule has 5 nitrogen and oxygen atoms in total. The molecule has 0 fully saturated rings. The van der Waals surface area contributed by atoms with Crippen molar-refractivity contribution in [1.82, 2.24) is 15.0 Å². The third-order valence-corrected chi connectivity index (χ3v) is 3.36. The number of esters is 1. The van der Waals surface area contributed by atoms with Crippen LogP contribution in [-0.2, 0) is 4.74 Å². The predicted molar refractivity (Wildman–Crippen MR) is 80.3 cm³/mol. The van der Waals surface area contributed by atoms with E-state index < -0.39 is 0 Å². The molecule has 106 valence electrons. The highest BCUT2D eigenvalue weighted by molar-refractivity contribution is 6.34. The van der Waals surface area contributed by atoms with Crippen LogP contribution in [0.4, 0.5) is 0 Å². The molecule has 21 heavy (non-hydrogen) atoms. The standard InChI is InChI=1S/C15H12ClN3O2/c1-2-21-15(20)10-5-3-4-9(6-10)12-7-11-13(16)17-8-18-14(11)19-12/h3-8H,2H2,1H3,(H,17,18,19). The van der Waals surface area contributed by atoms with Crippen molar-refractivity contribution in [3.8, 4) is 11.3 Å². The summed E-state index contributed by atoms with van der Waals surface area (Å²) in [5.41, 5.74) is 2.84. The molecule has 0 spiro atoms. The summed E-state index contributed by atoms with van der Waals surface area (Å²) in [6.07, 6.45) is 1.40. The Labute approximate surface area is 125 Å². The van der Waals surface area contributed by atoms with Gasteiger partial charge in [0.25, 0.3) is 0 Å². The second-order valence-corrected chi connectivity index (χ2v) is 4.77. The van der Waals surface area contributed by atoms with Gasteiger partial charge in [0.15, 0.2) is 0 Å². The Morgan fingerprint density at radius 3 is 2.95 bits per heavy atom. The zero-order valence-corrected chi connectivity index (χ0v) is 12.0. The monoisotopic (exact) mass is 301 g/mol. The number of hydrogen-bond donors (Lipinski definition) is 1. The number of carbonyl (C=O) groups excluding carboxylic acids is 1. The van der Waals surface area contributed by atoms with E-state index in [0.29, 0.717) is 23.0 Å². The highest BCUT2D eigenvalue weighted by atomic mass is 35.5. The third kappa shape index (κ3) is 2.60. The number of halogens is 1. The van der Waals surface area contributed by atoms with Crippen LogP contribution < -0.4 is 0 Å². The predicted octanol–water partition coefficient (Wildman–Crippen LogP) is 3.46. The van der Waals surface area contributed by atoms with Crippen LogP contribution >= 0.6 is 11.6 Å². The van der Waals surface area contributed by atoms with Gasteiger partial charge in [-0.25, -0.2) is 14.8 Å². The largest absolute Gasteiger partial charge is 0.462 e. The van der Waals surface area contributed by atoms with Gasteiger partial charge in [-0.1, -0.05) is 23.7 Å². The minimum absolute atomic E-state index is 0.340. The maximum Gasteiger partial charge on any atom is 0.338 e. The summed E-state index contributed by atoms with van der Waals surface area (Å²) in [6.45, 7) is 2.13. The summed E-state index contributed by atoms with van der Waals surface area (Å²) < 4.78 is 5.00. The minimum Gasteiger partial charge on any atom is -0.462 e. The fourth-order valence-corrected chi connectivity index (χ4v) is 2.28. The molecular weight excluding hydrogens is 290 g/mol. The molecule has 0 aliphatic rings. The van der Waals surface area contributed by atoms with Gasteiger partial charge in [0, 0.05) is 5.69 Å². The lowest BCUT2D eigenvalue weighted by molar-refractivity contribution is 0.0526. The average molecular weight is 302 g/mol. The number of hydrogen-bond acceptors (Lipinski definition) is 4. The molecule has 0 aliphatic heterocycles. The molecule has 0 unspecified atom stereocenters. The molecule has 0 bridgehead atoms. The van der Waals surface area contributed by atoms with Gasteiger partial charge in [-0.15, -0.1) is 0 Å². The number of H-pyrrole nitrogens is 1. The van der Waals surface area contributed by atoms with Crippen molar-refractivity contribution in [2.75, 3.05) is 6.61 Å². The van der Waals surface area contributed by atoms with Gasteiger partial charge < -0.3 is 9.72 Å². The van der Waals surface area contributed by atoms with Gasteiger partial charge in [-0.05, 0) is 30.7 Å². The summed E-state index contributed by atoms with van der Waals surface area (Å²) in [7, 11) is 0. The minimum atomic E-state index is -0.340. The van der Waals surface area contributed by atoms with Crippen molar-refractivity contribution in [1.29, 1.82) is 0 Å². The molecular formula is C15H12ClN3O2. The first-order chi connectivity index (χ1) is 10.2. The SMILES string of the molecule is CCOC(=O)c1cccc(-c2cc3c(Cl)ncnc3[nH]2)c1. The lowest BCUT2D eigenvalue weighted by Crippen LogP contribution is -2.04. The lowest BCUT2D eigenvalue weighted by Gasteiger charge is -2.03. The summed E-state index contributed by atoms with van der Waals surface area (Å²) >= 11 is 6.04. The Hall–Kier alpha value is -2.40. The van der Waals surface area contributed by atoms with E-state index in [9.17, 15) is 4.79 Å². The van der Waals surface area contributed by atoms with E-state index in [1.807, 2.05) is 12.1 Å². The Morgan fingerprint density at radius 2 is 2.19 bits per heavy atom. The third-order valence-electron chi connectivity index (χ3n) is 3.06. The summed E-state index contributed by atoms with van der Waals surface area (Å²) in [6, 6.07) is 9.05. The highest BCUT2D eigenvalue weighted by Gasteiger charge is 2.11. The summed E-state index contributed by atoms with van der Waals surface area (Å²) in [5, 5.41) is 1.14. The molecule has 0 aliphatic carbocycles. The summed E-state index contributed by atoms with van der Waals surface area (Å²) in [5.74, 6) is -0.340. The first-order valence-electron chi connectivity index (χ1n) is 6.46. The Balaban J connectivity index is 2.04. The van der Waals surface area contributed by atoms with E-state index in [1.165, 1.54) is 6.33 Å². The zero-order valence-electron chi connectivity index (χ0n) is 11.3. The molecule has 3 rings (SSSR count). The van der Waals surface area contributed by atoms with Crippen molar-refractivity contribution in [3.05, 3.63) is 47.4 Å². The highest BCUT2D eigenvalue weighted by Crippen LogP contribution is 2.27. The van der Waals surface area contributed by atoms with E-state index in [-0.39, 0.29) is 5.97 Å². The van der Waals surface area contributed by atoms with E-state index in [2.05, 4.69) is 15.0 Å². The van der Waals surface area contributed by atoms with E-state index in [4.69, 9.17) is 16.3 Å². The van der Waals surface area contributed by atoms with Crippen molar-refractivity contribution < 1.29 is 9.53 Å². The molecule has 3 aromatic rings. The van der Waals surface area contributed by atoms with Crippen LogP contribution in [0.25, 0.3) is 22.3 Å². The second kappa shape index (κ2) is 5.54.